The number of rotatable bonds is 5. The van der Waals surface area contributed by atoms with Crippen LogP contribution >= 0.6 is 0 Å². The standard InChI is InChI=1S/C27H31NO5/c1-26(2,3)18-11-9-17(10-12-18)22-21(24(32)27(4,5)6)23(31)25(33)28(22)19-13-7-16(8-14-19)15-20(29)30/h7-14,22,31H,15H2,1-6H3,(H,29,30). The van der Waals surface area contributed by atoms with Gasteiger partial charge in [0.2, 0.25) is 0 Å². The van der Waals surface area contributed by atoms with Crippen LogP contribution in [0, 0.1) is 5.41 Å². The molecule has 2 N–H and O–H groups in total. The number of carboxylic acid groups (broad SMARTS) is 1. The van der Waals surface area contributed by atoms with Crippen LogP contribution in [0.2, 0.25) is 0 Å². The summed E-state index contributed by atoms with van der Waals surface area (Å²) in [6.45, 7) is 11.6. The minimum absolute atomic E-state index is 0.0638. The van der Waals surface area contributed by atoms with E-state index in [0.717, 1.165) is 5.56 Å². The largest absolute Gasteiger partial charge is 0.503 e. The van der Waals surface area contributed by atoms with Crippen LogP contribution in [0.25, 0.3) is 0 Å². The summed E-state index contributed by atoms with van der Waals surface area (Å²) in [5.74, 6) is -2.45. The van der Waals surface area contributed by atoms with Gasteiger partial charge in [-0.1, -0.05) is 77.9 Å². The molecule has 0 saturated heterocycles. The number of hydrogen-bond donors (Lipinski definition) is 2. The summed E-state index contributed by atoms with van der Waals surface area (Å²) >= 11 is 0. The Morgan fingerprint density at radius 1 is 0.909 bits per heavy atom. The average Bonchev–Trinajstić information content (AvgIpc) is 2.97. The van der Waals surface area contributed by atoms with Gasteiger partial charge < -0.3 is 10.2 Å². The molecular weight excluding hydrogens is 418 g/mol. The molecule has 0 aromatic heterocycles. The van der Waals surface area contributed by atoms with Crippen molar-refractivity contribution in [3.8, 4) is 0 Å². The van der Waals surface area contributed by atoms with Crippen molar-refractivity contribution in [3.63, 3.8) is 0 Å². The predicted octanol–water partition coefficient (Wildman–Crippen LogP) is 5.13. The predicted molar refractivity (Wildman–Crippen MR) is 127 cm³/mol. The van der Waals surface area contributed by atoms with E-state index in [0.29, 0.717) is 16.8 Å². The summed E-state index contributed by atoms with van der Waals surface area (Å²) in [7, 11) is 0. The summed E-state index contributed by atoms with van der Waals surface area (Å²) in [4.78, 5) is 38.9. The molecule has 33 heavy (non-hydrogen) atoms. The van der Waals surface area contributed by atoms with E-state index in [-0.39, 0.29) is 23.2 Å². The zero-order valence-corrected chi connectivity index (χ0v) is 20.0. The van der Waals surface area contributed by atoms with Crippen molar-refractivity contribution in [2.75, 3.05) is 4.90 Å². The van der Waals surface area contributed by atoms with Gasteiger partial charge in [-0.2, -0.15) is 0 Å². The van der Waals surface area contributed by atoms with Gasteiger partial charge in [-0.15, -0.1) is 0 Å². The van der Waals surface area contributed by atoms with Crippen molar-refractivity contribution in [2.45, 2.75) is 59.4 Å². The highest BCUT2D eigenvalue weighted by Crippen LogP contribution is 2.43. The second-order valence-corrected chi connectivity index (χ2v) is 10.5. The van der Waals surface area contributed by atoms with Crippen molar-refractivity contribution < 1.29 is 24.6 Å². The van der Waals surface area contributed by atoms with Gasteiger partial charge in [0, 0.05) is 11.1 Å². The Labute approximate surface area is 194 Å². The third-order valence-corrected chi connectivity index (χ3v) is 5.80. The summed E-state index contributed by atoms with van der Waals surface area (Å²) in [6, 6.07) is 13.5. The van der Waals surface area contributed by atoms with Gasteiger partial charge in [0.25, 0.3) is 5.91 Å². The fourth-order valence-corrected chi connectivity index (χ4v) is 3.94. The molecule has 2 aromatic rings. The molecule has 0 bridgehead atoms. The van der Waals surface area contributed by atoms with Crippen LogP contribution in [0.15, 0.2) is 59.9 Å². The first kappa shape index (κ1) is 24.2. The molecule has 2 aromatic carbocycles. The van der Waals surface area contributed by atoms with E-state index in [4.69, 9.17) is 5.11 Å². The number of anilines is 1. The fraction of sp³-hybridized carbons (Fsp3) is 0.370. The quantitative estimate of drug-likeness (QED) is 0.660. The molecule has 1 aliphatic rings. The first-order chi connectivity index (χ1) is 15.2. The first-order valence-electron chi connectivity index (χ1n) is 10.9. The maximum absolute atomic E-state index is 13.3. The number of aliphatic hydroxyl groups excluding tert-OH is 1. The molecule has 174 valence electrons. The molecule has 1 heterocycles. The molecule has 3 rings (SSSR count). The Balaban J connectivity index is 2.13. The maximum atomic E-state index is 13.3. The molecule has 6 nitrogen and oxygen atoms in total. The van der Waals surface area contributed by atoms with E-state index >= 15 is 0 Å². The summed E-state index contributed by atoms with van der Waals surface area (Å²) in [6.07, 6.45) is -0.136. The van der Waals surface area contributed by atoms with Gasteiger partial charge >= 0.3 is 5.97 Å². The van der Waals surface area contributed by atoms with Gasteiger partial charge in [0.15, 0.2) is 11.5 Å². The maximum Gasteiger partial charge on any atom is 0.307 e. The number of aliphatic hydroxyl groups is 1. The Morgan fingerprint density at radius 3 is 1.91 bits per heavy atom. The Morgan fingerprint density at radius 2 is 1.45 bits per heavy atom. The van der Waals surface area contributed by atoms with Crippen LogP contribution in [0.5, 0.6) is 0 Å². The number of nitrogens with zero attached hydrogens (tertiary/aromatic N) is 1. The van der Waals surface area contributed by atoms with E-state index in [1.54, 1.807) is 45.0 Å². The molecule has 0 radical (unpaired) electrons. The van der Waals surface area contributed by atoms with Crippen LogP contribution in [0.1, 0.15) is 64.3 Å². The van der Waals surface area contributed by atoms with Gasteiger partial charge in [-0.05, 0) is 34.2 Å². The molecule has 6 heteroatoms. The Kier molecular flexibility index (Phi) is 6.25. The average molecular weight is 450 g/mol. The Bertz CT molecular complexity index is 1110. The molecule has 0 saturated carbocycles. The minimum atomic E-state index is -0.950. The summed E-state index contributed by atoms with van der Waals surface area (Å²) in [5.41, 5.74) is 2.10. The third kappa shape index (κ3) is 4.85. The normalized spacial score (nSPS) is 17.0. The van der Waals surface area contributed by atoms with Crippen molar-refractivity contribution in [3.05, 3.63) is 76.6 Å². The van der Waals surface area contributed by atoms with E-state index in [1.165, 1.54) is 4.90 Å². The van der Waals surface area contributed by atoms with Gasteiger partial charge in [-0.25, -0.2) is 0 Å². The number of carbonyl (C=O) groups excluding carboxylic acids is 2. The van der Waals surface area contributed by atoms with Crippen LogP contribution in [0.4, 0.5) is 5.69 Å². The number of carbonyl (C=O) groups is 3. The SMILES string of the molecule is CC(C)(C)C(=O)C1=C(O)C(=O)N(c2ccc(CC(=O)O)cc2)C1c1ccc(C(C)(C)C)cc1. The number of ketones is 1. The van der Waals surface area contributed by atoms with Crippen LogP contribution < -0.4 is 4.90 Å². The highest BCUT2D eigenvalue weighted by atomic mass is 16.4. The zero-order valence-electron chi connectivity index (χ0n) is 20.0. The van der Waals surface area contributed by atoms with Crippen LogP contribution in [-0.4, -0.2) is 27.9 Å². The van der Waals surface area contributed by atoms with Gasteiger partial charge in [-0.3, -0.25) is 19.3 Å². The summed E-state index contributed by atoms with van der Waals surface area (Å²) < 4.78 is 0. The van der Waals surface area contributed by atoms with Crippen LogP contribution in [0.3, 0.4) is 0 Å². The first-order valence-corrected chi connectivity index (χ1v) is 10.9. The number of Topliss-reactive ketones (excluding diaryl/α,β-unsaturated/α-hetero) is 1. The van der Waals surface area contributed by atoms with Crippen molar-refractivity contribution >= 4 is 23.3 Å². The topological polar surface area (TPSA) is 94.9 Å². The molecule has 0 fully saturated rings. The summed E-state index contributed by atoms with van der Waals surface area (Å²) in [5, 5.41) is 19.8. The lowest BCUT2D eigenvalue weighted by molar-refractivity contribution is -0.136. The van der Waals surface area contributed by atoms with E-state index in [9.17, 15) is 19.5 Å². The smallest absolute Gasteiger partial charge is 0.307 e. The second kappa shape index (κ2) is 8.50. The van der Waals surface area contributed by atoms with Crippen molar-refractivity contribution in [2.24, 2.45) is 5.41 Å². The number of hydrogen-bond acceptors (Lipinski definition) is 4. The molecule has 0 aliphatic carbocycles. The van der Waals surface area contributed by atoms with Crippen molar-refractivity contribution in [1.29, 1.82) is 0 Å². The highest BCUT2D eigenvalue weighted by molar-refractivity contribution is 6.17. The van der Waals surface area contributed by atoms with Gasteiger partial charge in [0.1, 0.15) is 0 Å². The van der Waals surface area contributed by atoms with Gasteiger partial charge in [0.05, 0.1) is 18.0 Å². The van der Waals surface area contributed by atoms with E-state index in [2.05, 4.69) is 20.8 Å². The second-order valence-electron chi connectivity index (χ2n) is 10.5. The van der Waals surface area contributed by atoms with Crippen LogP contribution in [-0.2, 0) is 26.2 Å². The molecule has 1 unspecified atom stereocenters. The Hall–Kier alpha value is -3.41. The number of aliphatic carboxylic acids is 1. The molecule has 0 spiro atoms. The van der Waals surface area contributed by atoms with Crippen molar-refractivity contribution in [1.82, 2.24) is 0 Å². The highest BCUT2D eigenvalue weighted by Gasteiger charge is 2.46. The molecule has 1 amide bonds. The fourth-order valence-electron chi connectivity index (χ4n) is 3.94. The molecular formula is C27H31NO5. The minimum Gasteiger partial charge on any atom is -0.503 e. The number of carboxylic acids is 1. The lowest BCUT2D eigenvalue weighted by Crippen LogP contribution is -2.32. The molecule has 1 atom stereocenters. The lowest BCUT2D eigenvalue weighted by atomic mass is 9.81. The zero-order chi connectivity index (χ0) is 24.7. The third-order valence-electron chi connectivity index (χ3n) is 5.80. The molecule has 1 aliphatic heterocycles. The lowest BCUT2D eigenvalue weighted by Gasteiger charge is -2.29. The number of benzene rings is 2. The van der Waals surface area contributed by atoms with E-state index in [1.807, 2.05) is 24.3 Å². The number of amides is 1. The van der Waals surface area contributed by atoms with E-state index < -0.39 is 29.1 Å². The monoisotopic (exact) mass is 449 g/mol.